The number of nitrogens with zero attached hydrogens (tertiary/aromatic N) is 2. The van der Waals surface area contributed by atoms with Gasteiger partial charge >= 0.3 is 6.18 Å². The number of ketones is 1. The Kier molecular flexibility index (Phi) is 2.97. The summed E-state index contributed by atoms with van der Waals surface area (Å²) in [7, 11) is 3.40. The van der Waals surface area contributed by atoms with Crippen LogP contribution in [0.1, 0.15) is 10.4 Å². The number of pyridine rings is 1. The second kappa shape index (κ2) is 3.88. The van der Waals surface area contributed by atoms with Crippen molar-refractivity contribution in [2.75, 3.05) is 19.0 Å². The Labute approximate surface area is 84.5 Å². The fraction of sp³-hybridized carbons (Fsp3) is 0.333. The third kappa shape index (κ3) is 2.68. The van der Waals surface area contributed by atoms with E-state index in [9.17, 15) is 18.0 Å². The van der Waals surface area contributed by atoms with E-state index in [-0.39, 0.29) is 0 Å². The summed E-state index contributed by atoms with van der Waals surface area (Å²) in [5.41, 5.74) is -0.451. The van der Waals surface area contributed by atoms with Gasteiger partial charge in [0.2, 0.25) is 0 Å². The summed E-state index contributed by atoms with van der Waals surface area (Å²) in [6.45, 7) is 0. The third-order valence-corrected chi connectivity index (χ3v) is 1.73. The van der Waals surface area contributed by atoms with E-state index in [0.717, 1.165) is 12.3 Å². The second-order valence-electron chi connectivity index (χ2n) is 3.13. The highest BCUT2D eigenvalue weighted by atomic mass is 19.4. The van der Waals surface area contributed by atoms with Crippen LogP contribution in [0.15, 0.2) is 18.3 Å². The molecule has 0 saturated carbocycles. The fourth-order valence-corrected chi connectivity index (χ4v) is 0.949. The Morgan fingerprint density at radius 1 is 1.33 bits per heavy atom. The minimum absolute atomic E-state index is 0.451. The summed E-state index contributed by atoms with van der Waals surface area (Å²) in [4.78, 5) is 16.1. The summed E-state index contributed by atoms with van der Waals surface area (Å²) in [5.74, 6) is -1.38. The fourth-order valence-electron chi connectivity index (χ4n) is 0.949. The van der Waals surface area contributed by atoms with Gasteiger partial charge in [0.25, 0.3) is 5.78 Å². The average Bonchev–Trinajstić information content (AvgIpc) is 2.15. The standard InChI is InChI=1S/C9H9F3N2O/c1-14(2)7-4-3-6(5-13-7)8(15)9(10,11)12/h3-5H,1-2H3. The quantitative estimate of drug-likeness (QED) is 0.711. The van der Waals surface area contributed by atoms with Gasteiger partial charge in [0.1, 0.15) is 5.82 Å². The van der Waals surface area contributed by atoms with Gasteiger partial charge in [-0.1, -0.05) is 0 Å². The topological polar surface area (TPSA) is 33.2 Å². The molecule has 1 aromatic heterocycles. The first-order valence-electron chi connectivity index (χ1n) is 4.07. The number of rotatable bonds is 2. The molecule has 0 radical (unpaired) electrons. The number of carbonyl (C=O) groups excluding carboxylic acids is 1. The van der Waals surface area contributed by atoms with E-state index in [4.69, 9.17) is 0 Å². The van der Waals surface area contributed by atoms with Crippen LogP contribution >= 0.6 is 0 Å². The monoisotopic (exact) mass is 218 g/mol. The molecule has 0 aliphatic heterocycles. The first-order valence-corrected chi connectivity index (χ1v) is 4.07. The number of alkyl halides is 3. The molecule has 1 heterocycles. The van der Waals surface area contributed by atoms with Gasteiger partial charge in [0.15, 0.2) is 0 Å². The van der Waals surface area contributed by atoms with Gasteiger partial charge in [-0.05, 0) is 12.1 Å². The molecule has 0 fully saturated rings. The van der Waals surface area contributed by atoms with Crippen molar-refractivity contribution in [3.63, 3.8) is 0 Å². The van der Waals surface area contributed by atoms with Crippen molar-refractivity contribution < 1.29 is 18.0 Å². The third-order valence-electron chi connectivity index (χ3n) is 1.73. The highest BCUT2D eigenvalue weighted by Crippen LogP contribution is 2.21. The van der Waals surface area contributed by atoms with E-state index in [2.05, 4.69) is 4.98 Å². The van der Waals surface area contributed by atoms with Gasteiger partial charge in [-0.3, -0.25) is 4.79 Å². The van der Waals surface area contributed by atoms with Crippen molar-refractivity contribution in [2.24, 2.45) is 0 Å². The molecular weight excluding hydrogens is 209 g/mol. The minimum atomic E-state index is -4.85. The van der Waals surface area contributed by atoms with Crippen molar-refractivity contribution in [3.05, 3.63) is 23.9 Å². The molecule has 0 saturated heterocycles. The molecule has 0 amide bonds. The summed E-state index contributed by atoms with van der Waals surface area (Å²) < 4.78 is 36.0. The molecule has 0 N–H and O–H groups in total. The van der Waals surface area contributed by atoms with E-state index in [0.29, 0.717) is 5.82 Å². The molecule has 15 heavy (non-hydrogen) atoms. The molecule has 6 heteroatoms. The lowest BCUT2D eigenvalue weighted by Crippen LogP contribution is -2.23. The largest absolute Gasteiger partial charge is 0.454 e. The number of carbonyl (C=O) groups is 1. The molecule has 0 atom stereocenters. The predicted octanol–water partition coefficient (Wildman–Crippen LogP) is 1.89. The lowest BCUT2D eigenvalue weighted by Gasteiger charge is -2.11. The van der Waals surface area contributed by atoms with Gasteiger partial charge in [-0.15, -0.1) is 0 Å². The van der Waals surface area contributed by atoms with Gasteiger partial charge in [0.05, 0.1) is 0 Å². The van der Waals surface area contributed by atoms with Crippen LogP contribution in [0.2, 0.25) is 0 Å². The van der Waals surface area contributed by atoms with Crippen LogP contribution in [0.3, 0.4) is 0 Å². The maximum atomic E-state index is 12.0. The number of halogens is 3. The highest BCUT2D eigenvalue weighted by molar-refractivity contribution is 6.00. The van der Waals surface area contributed by atoms with Crippen LogP contribution in [0, 0.1) is 0 Å². The molecule has 82 valence electrons. The molecule has 0 aliphatic rings. The zero-order valence-corrected chi connectivity index (χ0v) is 8.17. The SMILES string of the molecule is CN(C)c1ccc(C(=O)C(F)(F)F)cn1. The van der Waals surface area contributed by atoms with E-state index < -0.39 is 17.5 Å². The molecular formula is C9H9F3N2O. The highest BCUT2D eigenvalue weighted by Gasteiger charge is 2.39. The zero-order valence-electron chi connectivity index (χ0n) is 8.17. The van der Waals surface area contributed by atoms with E-state index in [1.807, 2.05) is 0 Å². The second-order valence-corrected chi connectivity index (χ2v) is 3.13. The van der Waals surface area contributed by atoms with Gasteiger partial charge in [-0.2, -0.15) is 13.2 Å². The number of hydrogen-bond acceptors (Lipinski definition) is 3. The first-order chi connectivity index (χ1) is 6.82. The van der Waals surface area contributed by atoms with Crippen LogP contribution < -0.4 is 4.90 Å². The normalized spacial score (nSPS) is 11.3. The smallest absolute Gasteiger partial charge is 0.363 e. The van der Waals surface area contributed by atoms with Crippen LogP contribution in [0.25, 0.3) is 0 Å². The van der Waals surface area contributed by atoms with Crippen molar-refractivity contribution >= 4 is 11.6 Å². The molecule has 0 bridgehead atoms. The van der Waals surface area contributed by atoms with Crippen LogP contribution in [-0.2, 0) is 0 Å². The van der Waals surface area contributed by atoms with Gasteiger partial charge in [0, 0.05) is 25.9 Å². The van der Waals surface area contributed by atoms with Gasteiger partial charge < -0.3 is 4.90 Å². The summed E-state index contributed by atoms with van der Waals surface area (Å²) in [6.07, 6.45) is -3.92. The lowest BCUT2D eigenvalue weighted by molar-refractivity contribution is -0.0885. The van der Waals surface area contributed by atoms with Crippen molar-refractivity contribution in [2.45, 2.75) is 6.18 Å². The summed E-state index contributed by atoms with van der Waals surface area (Å²) in [6, 6.07) is 2.47. The summed E-state index contributed by atoms with van der Waals surface area (Å²) >= 11 is 0. The van der Waals surface area contributed by atoms with Crippen molar-refractivity contribution in [3.8, 4) is 0 Å². The van der Waals surface area contributed by atoms with Crippen LogP contribution in [0.4, 0.5) is 19.0 Å². The number of anilines is 1. The minimum Gasteiger partial charge on any atom is -0.363 e. The average molecular weight is 218 g/mol. The van der Waals surface area contributed by atoms with E-state index in [1.165, 1.54) is 6.07 Å². The molecule has 0 aliphatic carbocycles. The molecule has 0 spiro atoms. The maximum Gasteiger partial charge on any atom is 0.454 e. The van der Waals surface area contributed by atoms with Crippen molar-refractivity contribution in [1.82, 2.24) is 4.98 Å². The molecule has 0 aromatic carbocycles. The van der Waals surface area contributed by atoms with Crippen LogP contribution in [-0.4, -0.2) is 31.0 Å². The number of aromatic nitrogens is 1. The van der Waals surface area contributed by atoms with Crippen molar-refractivity contribution in [1.29, 1.82) is 0 Å². The molecule has 1 rings (SSSR count). The Balaban J connectivity index is 2.95. The Hall–Kier alpha value is -1.59. The Morgan fingerprint density at radius 3 is 2.27 bits per heavy atom. The molecule has 1 aromatic rings. The summed E-state index contributed by atoms with van der Waals surface area (Å²) in [5, 5.41) is 0. The molecule has 0 unspecified atom stereocenters. The van der Waals surface area contributed by atoms with E-state index >= 15 is 0 Å². The van der Waals surface area contributed by atoms with Crippen LogP contribution in [0.5, 0.6) is 0 Å². The number of hydrogen-bond donors (Lipinski definition) is 0. The first kappa shape index (κ1) is 11.5. The maximum absolute atomic E-state index is 12.0. The predicted molar refractivity (Wildman–Crippen MR) is 48.9 cm³/mol. The number of Topliss-reactive ketones (excluding diaryl/α,β-unsaturated/α-hetero) is 1. The zero-order chi connectivity index (χ0) is 11.6. The van der Waals surface area contributed by atoms with Gasteiger partial charge in [-0.25, -0.2) is 4.98 Å². The lowest BCUT2D eigenvalue weighted by atomic mass is 10.2. The Morgan fingerprint density at radius 2 is 1.93 bits per heavy atom. The molecule has 3 nitrogen and oxygen atoms in total. The Bertz CT molecular complexity index is 357. The van der Waals surface area contributed by atoms with E-state index in [1.54, 1.807) is 19.0 Å².